The highest BCUT2D eigenvalue weighted by atomic mass is 19.1. The summed E-state index contributed by atoms with van der Waals surface area (Å²) in [6.45, 7) is 3.19. The summed E-state index contributed by atoms with van der Waals surface area (Å²) in [5, 5.41) is 6.09. The van der Waals surface area contributed by atoms with Crippen LogP contribution in [-0.2, 0) is 13.0 Å². The minimum absolute atomic E-state index is 0.152. The second-order valence-electron chi connectivity index (χ2n) is 6.40. The van der Waals surface area contributed by atoms with E-state index in [9.17, 15) is 9.18 Å². The summed E-state index contributed by atoms with van der Waals surface area (Å²) >= 11 is 0. The maximum Gasteiger partial charge on any atom is 0.253 e. The van der Waals surface area contributed by atoms with Gasteiger partial charge in [-0.05, 0) is 48.7 Å². The largest absolute Gasteiger partial charge is 0.370 e. The minimum Gasteiger partial charge on any atom is -0.370 e. The monoisotopic (exact) mass is 363 g/mol. The SMILES string of the molecule is Cc1ccc(CNC(=O)c2ccc(NCCc3ccc(F)cc3)nc2)cc1. The smallest absolute Gasteiger partial charge is 0.253 e. The molecule has 138 valence electrons. The Morgan fingerprint density at radius 1 is 0.963 bits per heavy atom. The van der Waals surface area contributed by atoms with Crippen LogP contribution >= 0.6 is 0 Å². The van der Waals surface area contributed by atoms with E-state index in [2.05, 4.69) is 15.6 Å². The molecule has 0 saturated carbocycles. The summed E-state index contributed by atoms with van der Waals surface area (Å²) in [4.78, 5) is 16.5. The van der Waals surface area contributed by atoms with Gasteiger partial charge in [-0.1, -0.05) is 42.0 Å². The van der Waals surface area contributed by atoms with Crippen LogP contribution in [-0.4, -0.2) is 17.4 Å². The zero-order valence-electron chi connectivity index (χ0n) is 15.2. The number of benzene rings is 2. The molecule has 0 unspecified atom stereocenters. The van der Waals surface area contributed by atoms with Crippen molar-refractivity contribution in [3.8, 4) is 0 Å². The van der Waals surface area contributed by atoms with Crippen LogP contribution in [0.5, 0.6) is 0 Å². The number of nitrogens with one attached hydrogen (secondary N) is 2. The number of carbonyl (C=O) groups excluding carboxylic acids is 1. The summed E-state index contributed by atoms with van der Waals surface area (Å²) in [5.74, 6) is 0.317. The first kappa shape index (κ1) is 18.6. The predicted molar refractivity (Wildman–Crippen MR) is 105 cm³/mol. The Balaban J connectivity index is 1.46. The number of aryl methyl sites for hydroxylation is 1. The summed E-state index contributed by atoms with van der Waals surface area (Å²) in [7, 11) is 0. The number of pyridine rings is 1. The molecule has 2 N–H and O–H groups in total. The van der Waals surface area contributed by atoms with Gasteiger partial charge in [-0.15, -0.1) is 0 Å². The topological polar surface area (TPSA) is 54.0 Å². The Morgan fingerprint density at radius 3 is 2.33 bits per heavy atom. The van der Waals surface area contributed by atoms with Gasteiger partial charge < -0.3 is 10.6 Å². The molecule has 5 heteroatoms. The molecule has 0 fully saturated rings. The minimum atomic E-state index is -0.232. The fraction of sp³-hybridized carbons (Fsp3) is 0.182. The van der Waals surface area contributed by atoms with Crippen LogP contribution in [0.1, 0.15) is 27.0 Å². The van der Waals surface area contributed by atoms with Crippen molar-refractivity contribution >= 4 is 11.7 Å². The van der Waals surface area contributed by atoms with Crippen molar-refractivity contribution in [2.24, 2.45) is 0 Å². The van der Waals surface area contributed by atoms with Gasteiger partial charge in [0.15, 0.2) is 0 Å². The molecule has 2 aromatic carbocycles. The van der Waals surface area contributed by atoms with Gasteiger partial charge >= 0.3 is 0 Å². The number of amides is 1. The fourth-order valence-electron chi connectivity index (χ4n) is 2.61. The Kier molecular flexibility index (Phi) is 6.15. The van der Waals surface area contributed by atoms with Gasteiger partial charge in [-0.2, -0.15) is 0 Å². The van der Waals surface area contributed by atoms with Crippen LogP contribution in [0.2, 0.25) is 0 Å². The Hall–Kier alpha value is -3.21. The van der Waals surface area contributed by atoms with Crippen LogP contribution in [0, 0.1) is 12.7 Å². The standard InChI is InChI=1S/C22H22FN3O/c1-16-2-4-18(5-3-16)14-26-22(27)19-8-11-21(25-15-19)24-13-12-17-6-9-20(23)10-7-17/h2-11,15H,12-14H2,1H3,(H,24,25)(H,26,27). The predicted octanol–water partition coefficient (Wildman–Crippen LogP) is 4.11. The third-order valence-electron chi connectivity index (χ3n) is 4.23. The maximum atomic E-state index is 12.9. The second-order valence-corrected chi connectivity index (χ2v) is 6.40. The lowest BCUT2D eigenvalue weighted by Crippen LogP contribution is -2.23. The number of halogens is 1. The van der Waals surface area contributed by atoms with Crippen molar-refractivity contribution in [1.82, 2.24) is 10.3 Å². The molecule has 27 heavy (non-hydrogen) atoms. The third-order valence-corrected chi connectivity index (χ3v) is 4.23. The zero-order chi connectivity index (χ0) is 19.1. The molecule has 3 aromatic rings. The number of nitrogens with zero attached hydrogens (tertiary/aromatic N) is 1. The van der Waals surface area contributed by atoms with Crippen molar-refractivity contribution in [3.05, 3.63) is 94.9 Å². The molecular weight excluding hydrogens is 341 g/mol. The number of carbonyl (C=O) groups is 1. The van der Waals surface area contributed by atoms with Gasteiger partial charge in [0.05, 0.1) is 5.56 Å². The number of aromatic nitrogens is 1. The molecule has 0 spiro atoms. The van der Waals surface area contributed by atoms with Crippen molar-refractivity contribution < 1.29 is 9.18 Å². The molecule has 0 atom stereocenters. The normalized spacial score (nSPS) is 10.4. The Labute approximate surface area is 158 Å². The van der Waals surface area contributed by atoms with Gasteiger partial charge in [0.25, 0.3) is 5.91 Å². The average molecular weight is 363 g/mol. The molecule has 0 saturated heterocycles. The highest BCUT2D eigenvalue weighted by Gasteiger charge is 2.06. The van der Waals surface area contributed by atoms with E-state index in [-0.39, 0.29) is 11.7 Å². The van der Waals surface area contributed by atoms with Gasteiger partial charge in [-0.25, -0.2) is 9.37 Å². The first-order valence-electron chi connectivity index (χ1n) is 8.88. The molecule has 0 radical (unpaired) electrons. The molecule has 1 aromatic heterocycles. The quantitative estimate of drug-likeness (QED) is 0.664. The highest BCUT2D eigenvalue weighted by molar-refractivity contribution is 5.94. The Bertz CT molecular complexity index is 875. The summed E-state index contributed by atoms with van der Waals surface area (Å²) in [5.41, 5.74) is 3.82. The third kappa shape index (κ3) is 5.64. The summed E-state index contributed by atoms with van der Waals surface area (Å²) in [6, 6.07) is 18.0. The molecule has 3 rings (SSSR count). The molecule has 0 aliphatic rings. The van der Waals surface area contributed by atoms with E-state index in [1.165, 1.54) is 17.7 Å². The van der Waals surface area contributed by atoms with E-state index in [0.717, 1.165) is 17.5 Å². The van der Waals surface area contributed by atoms with Crippen molar-refractivity contribution in [3.63, 3.8) is 0 Å². The van der Waals surface area contributed by atoms with Gasteiger partial charge in [0.1, 0.15) is 11.6 Å². The number of anilines is 1. The molecule has 4 nitrogen and oxygen atoms in total. The van der Waals surface area contributed by atoms with Gasteiger partial charge in [0, 0.05) is 19.3 Å². The first-order chi connectivity index (χ1) is 13.1. The van der Waals surface area contributed by atoms with Crippen LogP contribution in [0.15, 0.2) is 66.9 Å². The van der Waals surface area contributed by atoms with Crippen molar-refractivity contribution in [1.29, 1.82) is 0 Å². The fourth-order valence-corrected chi connectivity index (χ4v) is 2.61. The van der Waals surface area contributed by atoms with Crippen LogP contribution < -0.4 is 10.6 Å². The van der Waals surface area contributed by atoms with E-state index in [4.69, 9.17) is 0 Å². The first-order valence-corrected chi connectivity index (χ1v) is 8.88. The highest BCUT2D eigenvalue weighted by Crippen LogP contribution is 2.08. The van der Waals surface area contributed by atoms with Crippen LogP contribution in [0.4, 0.5) is 10.2 Å². The lowest BCUT2D eigenvalue weighted by molar-refractivity contribution is 0.0950. The zero-order valence-corrected chi connectivity index (χ0v) is 15.2. The summed E-state index contributed by atoms with van der Waals surface area (Å²) in [6.07, 6.45) is 2.32. The molecular formula is C22H22FN3O. The number of hydrogen-bond donors (Lipinski definition) is 2. The lowest BCUT2D eigenvalue weighted by Gasteiger charge is -2.08. The van der Waals surface area contributed by atoms with Gasteiger partial charge in [0.2, 0.25) is 0 Å². The van der Waals surface area contributed by atoms with E-state index < -0.39 is 0 Å². The molecule has 0 aliphatic carbocycles. The van der Waals surface area contributed by atoms with E-state index in [1.54, 1.807) is 30.5 Å². The van der Waals surface area contributed by atoms with Crippen molar-refractivity contribution in [2.75, 3.05) is 11.9 Å². The van der Waals surface area contributed by atoms with Crippen molar-refractivity contribution in [2.45, 2.75) is 19.9 Å². The number of rotatable bonds is 7. The average Bonchev–Trinajstić information content (AvgIpc) is 2.69. The molecule has 1 amide bonds. The van der Waals surface area contributed by atoms with E-state index in [0.29, 0.717) is 24.5 Å². The second kappa shape index (κ2) is 8.94. The molecule has 0 bridgehead atoms. The maximum absolute atomic E-state index is 12.9. The van der Waals surface area contributed by atoms with Crippen LogP contribution in [0.3, 0.4) is 0 Å². The molecule has 1 heterocycles. The van der Waals surface area contributed by atoms with E-state index in [1.807, 2.05) is 31.2 Å². The van der Waals surface area contributed by atoms with Crippen LogP contribution in [0.25, 0.3) is 0 Å². The van der Waals surface area contributed by atoms with E-state index >= 15 is 0 Å². The lowest BCUT2D eigenvalue weighted by atomic mass is 10.1. The number of hydrogen-bond acceptors (Lipinski definition) is 3. The molecule has 0 aliphatic heterocycles. The Morgan fingerprint density at radius 2 is 1.67 bits per heavy atom. The van der Waals surface area contributed by atoms with Gasteiger partial charge in [-0.3, -0.25) is 4.79 Å². The summed E-state index contributed by atoms with van der Waals surface area (Å²) < 4.78 is 12.9.